The Kier molecular flexibility index (Phi) is 20.1. The topological polar surface area (TPSA) is 116 Å². The van der Waals surface area contributed by atoms with Crippen molar-refractivity contribution in [2.75, 3.05) is 26.7 Å². The molecule has 0 aliphatic carbocycles. The van der Waals surface area contributed by atoms with Gasteiger partial charge in [0.2, 0.25) is 0 Å². The van der Waals surface area contributed by atoms with Gasteiger partial charge in [0.15, 0.2) is 49.9 Å². The van der Waals surface area contributed by atoms with Crippen molar-refractivity contribution in [1.82, 2.24) is 4.90 Å². The summed E-state index contributed by atoms with van der Waals surface area (Å²) in [4.78, 5) is 2.10. The molecular formula is C27H79NO11Si11. The maximum absolute atomic E-state index is 9.62. The molecule has 0 saturated carbocycles. The fourth-order valence-electron chi connectivity index (χ4n) is 5.44. The fourth-order valence-corrected chi connectivity index (χ4v) is 48.4. The average molecular weight is 903 g/mol. The van der Waals surface area contributed by atoms with Gasteiger partial charge in [-0.25, -0.2) is 0 Å². The number of likely N-dealkylation sites (N-methyl/N-ethyl adjacent to an activating group) is 1. The van der Waals surface area contributed by atoms with Crippen molar-refractivity contribution >= 4 is 95.1 Å². The summed E-state index contributed by atoms with van der Waals surface area (Å²) in [6.45, 7) is 46.1. The molecule has 0 aromatic heterocycles. The zero-order valence-electron chi connectivity index (χ0n) is 36.2. The molecule has 12 nitrogen and oxygen atoms in total. The standard InChI is InChI=1S/C27H79NO11Si11/c1-28(25-26-29)24-23-27-50(38-48(21,34-43(8,9)10)35-44(11,12)13,39-49(22,36-45(14,15)16)37-46(17,18)19)31-40-30-47(20,32-41(2,3)4)33-42(5,6)7/h29H,23-27,40H2,1-22H3. The monoisotopic (exact) mass is 901 g/mol. The van der Waals surface area contributed by atoms with E-state index in [1.54, 1.807) is 0 Å². The minimum absolute atomic E-state index is 0.0822. The van der Waals surface area contributed by atoms with Gasteiger partial charge in [0.1, 0.15) is 0 Å². The molecule has 0 unspecified atom stereocenters. The van der Waals surface area contributed by atoms with Crippen LogP contribution in [-0.2, 0) is 41.2 Å². The van der Waals surface area contributed by atoms with Gasteiger partial charge in [-0.2, -0.15) is 0 Å². The fraction of sp³-hybridized carbons (Fsp3) is 1.00. The second-order valence-electron chi connectivity index (χ2n) is 19.3. The van der Waals surface area contributed by atoms with Gasteiger partial charge in [-0.3, -0.25) is 0 Å². The first-order valence-corrected chi connectivity index (χ1v) is 48.2. The van der Waals surface area contributed by atoms with Crippen molar-refractivity contribution in [3.8, 4) is 0 Å². The van der Waals surface area contributed by atoms with Crippen molar-refractivity contribution < 1.29 is 46.3 Å². The number of aliphatic hydroxyl groups excluding tert-OH is 1. The van der Waals surface area contributed by atoms with Gasteiger partial charge in [-0.1, -0.05) is 0 Å². The first-order chi connectivity index (χ1) is 21.8. The molecule has 1 N–H and O–H groups in total. The van der Waals surface area contributed by atoms with Gasteiger partial charge in [-0.15, -0.1) is 0 Å². The lowest BCUT2D eigenvalue weighted by atomic mass is 10.4. The quantitative estimate of drug-likeness (QED) is 0.0893. The SMILES string of the molecule is CN(CCO)CCC[Si](O[SiH2]O[Si](C)(O[Si](C)(C)C)O[Si](C)(C)C)(O[Si](C)(O[Si](C)(C)C)O[Si](C)(C)C)O[Si](C)(O[Si](C)(C)C)O[Si](C)(C)C. The Morgan fingerprint density at radius 3 is 1.00 bits per heavy atom. The molecule has 0 saturated heterocycles. The van der Waals surface area contributed by atoms with Crippen LogP contribution in [0.3, 0.4) is 0 Å². The molecule has 50 heavy (non-hydrogen) atoms. The van der Waals surface area contributed by atoms with Crippen molar-refractivity contribution in [1.29, 1.82) is 0 Å². The molecule has 0 aliphatic rings. The molecule has 0 heterocycles. The van der Waals surface area contributed by atoms with Crippen molar-refractivity contribution in [3.63, 3.8) is 0 Å². The van der Waals surface area contributed by atoms with Crippen LogP contribution in [0.4, 0.5) is 0 Å². The van der Waals surface area contributed by atoms with Crippen LogP contribution < -0.4 is 0 Å². The molecule has 0 aromatic rings. The lowest BCUT2D eigenvalue weighted by molar-refractivity contribution is 0.139. The van der Waals surface area contributed by atoms with E-state index in [1.165, 1.54) is 0 Å². The van der Waals surface area contributed by atoms with Crippen LogP contribution in [0, 0.1) is 0 Å². The summed E-state index contributed by atoms with van der Waals surface area (Å²) >= 11 is 0. The zero-order chi connectivity index (χ0) is 39.9. The highest BCUT2D eigenvalue weighted by Crippen LogP contribution is 2.34. The molecule has 23 heteroatoms. The van der Waals surface area contributed by atoms with Gasteiger partial charge >= 0.3 is 35.2 Å². The Labute approximate surface area is 321 Å². The highest BCUT2D eigenvalue weighted by atomic mass is 28.6. The number of hydrogen-bond donors (Lipinski definition) is 1. The van der Waals surface area contributed by atoms with Crippen molar-refractivity contribution in [3.05, 3.63) is 0 Å². The molecule has 302 valence electrons. The summed E-state index contributed by atoms with van der Waals surface area (Å²) in [5, 5.41) is 9.62. The van der Waals surface area contributed by atoms with Crippen LogP contribution >= 0.6 is 0 Å². The van der Waals surface area contributed by atoms with E-state index in [1.807, 2.05) is 26.7 Å². The van der Waals surface area contributed by atoms with Crippen LogP contribution in [0.25, 0.3) is 0 Å². The van der Waals surface area contributed by atoms with Crippen LogP contribution in [0.5, 0.6) is 0 Å². The Balaban J connectivity index is 7.48. The Bertz CT molecular complexity index is 917. The summed E-state index contributed by atoms with van der Waals surface area (Å²) in [7, 11) is -26.2. The molecule has 0 fully saturated rings. The Hall–Kier alpha value is 1.91. The largest absolute Gasteiger partial charge is 0.476 e. The van der Waals surface area contributed by atoms with E-state index >= 15 is 0 Å². The summed E-state index contributed by atoms with van der Waals surface area (Å²) in [6, 6.07) is 0.473. The number of nitrogens with zero attached hydrogens (tertiary/aromatic N) is 1. The number of rotatable bonds is 26. The second-order valence-corrected chi connectivity index (χ2v) is 60.8. The van der Waals surface area contributed by atoms with Gasteiger partial charge in [-0.05, 0) is 138 Å². The smallest absolute Gasteiger partial charge is 0.417 e. The molecule has 0 bridgehead atoms. The molecule has 0 aromatic carbocycles. The predicted octanol–water partition coefficient (Wildman–Crippen LogP) is 7.12. The maximum atomic E-state index is 9.62. The second kappa shape index (κ2) is 19.4. The van der Waals surface area contributed by atoms with Crippen LogP contribution in [0.2, 0.25) is 144 Å². The first kappa shape index (κ1) is 51.9. The maximum Gasteiger partial charge on any atom is 0.476 e. The van der Waals surface area contributed by atoms with Crippen molar-refractivity contribution in [2.24, 2.45) is 0 Å². The van der Waals surface area contributed by atoms with E-state index in [4.69, 9.17) is 41.2 Å². The van der Waals surface area contributed by atoms with Gasteiger partial charge in [0.25, 0.3) is 10.0 Å². The number of aliphatic hydroxyl groups is 1. The number of hydrogen-bond acceptors (Lipinski definition) is 12. The minimum Gasteiger partial charge on any atom is -0.417 e. The zero-order valence-corrected chi connectivity index (χ0v) is 47.6. The molecule has 0 atom stereocenters. The lowest BCUT2D eigenvalue weighted by Gasteiger charge is -2.46. The molecule has 0 rings (SSSR count). The molecule has 0 amide bonds. The normalized spacial score (nSPS) is 15.6. The first-order valence-electron chi connectivity index (χ1n) is 18.0. The van der Waals surface area contributed by atoms with Crippen LogP contribution in [-0.4, -0.2) is 132 Å². The van der Waals surface area contributed by atoms with E-state index in [9.17, 15) is 5.11 Å². The predicted molar refractivity (Wildman–Crippen MR) is 234 cm³/mol. The third kappa shape index (κ3) is 25.9. The van der Waals surface area contributed by atoms with E-state index in [-0.39, 0.29) is 6.61 Å². The Morgan fingerprint density at radius 2 is 0.720 bits per heavy atom. The van der Waals surface area contributed by atoms with Crippen LogP contribution in [0.15, 0.2) is 0 Å². The van der Waals surface area contributed by atoms with Crippen molar-refractivity contribution in [2.45, 2.75) is 150 Å². The third-order valence-electron chi connectivity index (χ3n) is 5.74. The highest BCUT2D eigenvalue weighted by Gasteiger charge is 2.59. The van der Waals surface area contributed by atoms with Gasteiger partial charge in [0.05, 0.1) is 6.61 Å². The summed E-state index contributed by atoms with van der Waals surface area (Å²) in [5.74, 6) is 0. The van der Waals surface area contributed by atoms with E-state index in [2.05, 4.69) is 123 Å². The minimum atomic E-state index is -3.78. The van der Waals surface area contributed by atoms with Crippen LogP contribution in [0.1, 0.15) is 6.42 Å². The van der Waals surface area contributed by atoms with E-state index in [0.29, 0.717) is 25.6 Å². The highest BCUT2D eigenvalue weighted by molar-refractivity contribution is 6.93. The summed E-state index contributed by atoms with van der Waals surface area (Å²) in [5.41, 5.74) is 0. The molecular weight excluding hydrogens is 823 g/mol. The van der Waals surface area contributed by atoms with E-state index in [0.717, 1.165) is 0 Å². The summed E-state index contributed by atoms with van der Waals surface area (Å²) in [6.07, 6.45) is 0.692. The van der Waals surface area contributed by atoms with Gasteiger partial charge < -0.3 is 51.2 Å². The molecule has 0 radical (unpaired) electrons. The lowest BCUT2D eigenvalue weighted by Crippen LogP contribution is -2.68. The third-order valence-corrected chi connectivity index (χ3v) is 40.6. The molecule has 0 spiro atoms. The molecule has 0 aliphatic heterocycles. The Morgan fingerprint density at radius 1 is 0.420 bits per heavy atom. The van der Waals surface area contributed by atoms with E-state index < -0.39 is 95.1 Å². The summed E-state index contributed by atoms with van der Waals surface area (Å²) < 4.78 is 69.6. The van der Waals surface area contributed by atoms with Gasteiger partial charge in [0, 0.05) is 32.2 Å². The average Bonchev–Trinajstić information content (AvgIpc) is 2.69.